The number of carbonyl (C=O) groups excluding carboxylic acids is 1. The molecule has 0 spiro atoms. The Bertz CT molecular complexity index is 464. The molecule has 0 aromatic carbocycles. The van der Waals surface area contributed by atoms with Crippen molar-refractivity contribution in [3.63, 3.8) is 0 Å². The fourth-order valence-corrected chi connectivity index (χ4v) is 4.06. The molecule has 3 aliphatic rings. The lowest BCUT2D eigenvalue weighted by Gasteiger charge is -2.26. The molecular weight excluding hydrogens is 427 g/mol. The molecule has 3 fully saturated rings. The van der Waals surface area contributed by atoms with Crippen LogP contribution in [0, 0.1) is 17.8 Å². The second-order valence-electron chi connectivity index (χ2n) is 7.94. The van der Waals surface area contributed by atoms with Crippen molar-refractivity contribution >= 4 is 35.8 Å². The zero-order valence-corrected chi connectivity index (χ0v) is 18.1. The van der Waals surface area contributed by atoms with Crippen LogP contribution in [0.15, 0.2) is 4.99 Å². The molecule has 5 nitrogen and oxygen atoms in total. The minimum atomic E-state index is 0. The summed E-state index contributed by atoms with van der Waals surface area (Å²) < 4.78 is 0. The molecule has 1 aliphatic heterocycles. The van der Waals surface area contributed by atoms with Gasteiger partial charge in [0, 0.05) is 38.1 Å². The number of rotatable bonds is 5. The Hall–Kier alpha value is -0.530. The zero-order valence-electron chi connectivity index (χ0n) is 15.8. The van der Waals surface area contributed by atoms with Gasteiger partial charge in [-0.15, -0.1) is 24.0 Å². The number of hydrogen-bond donors (Lipinski definition) is 2. The molecule has 0 aromatic heterocycles. The average Bonchev–Trinajstić information content (AvgIpc) is 3.11. The van der Waals surface area contributed by atoms with Crippen LogP contribution in [-0.4, -0.2) is 49.0 Å². The van der Waals surface area contributed by atoms with Crippen LogP contribution in [0.25, 0.3) is 0 Å². The smallest absolute Gasteiger partial charge is 0.225 e. The zero-order chi connectivity index (χ0) is 16.9. The number of aliphatic imine (C=N–C) groups is 1. The molecule has 0 aromatic rings. The van der Waals surface area contributed by atoms with E-state index in [0.717, 1.165) is 63.2 Å². The topological polar surface area (TPSA) is 56.7 Å². The van der Waals surface area contributed by atoms with E-state index >= 15 is 0 Å². The van der Waals surface area contributed by atoms with Crippen LogP contribution in [-0.2, 0) is 4.79 Å². The number of amides is 1. The summed E-state index contributed by atoms with van der Waals surface area (Å²) in [6.07, 6.45) is 8.29. The van der Waals surface area contributed by atoms with Gasteiger partial charge in [-0.1, -0.05) is 26.2 Å². The van der Waals surface area contributed by atoms with Gasteiger partial charge in [-0.25, -0.2) is 0 Å². The fraction of sp³-hybridized carbons (Fsp3) is 0.895. The van der Waals surface area contributed by atoms with E-state index in [4.69, 9.17) is 4.99 Å². The van der Waals surface area contributed by atoms with Gasteiger partial charge in [-0.05, 0) is 44.4 Å². The molecule has 25 heavy (non-hydrogen) atoms. The molecule has 1 saturated heterocycles. The minimum absolute atomic E-state index is 0. The fourth-order valence-electron chi connectivity index (χ4n) is 4.06. The normalized spacial score (nSPS) is 29.9. The summed E-state index contributed by atoms with van der Waals surface area (Å²) in [7, 11) is 0. The largest absolute Gasteiger partial charge is 0.357 e. The highest BCUT2D eigenvalue weighted by atomic mass is 127. The maximum Gasteiger partial charge on any atom is 0.225 e. The first-order chi connectivity index (χ1) is 11.7. The number of nitrogens with one attached hydrogen (secondary N) is 2. The van der Waals surface area contributed by atoms with Gasteiger partial charge in [-0.2, -0.15) is 0 Å². The molecule has 0 bridgehead atoms. The van der Waals surface area contributed by atoms with Gasteiger partial charge in [0.15, 0.2) is 5.96 Å². The summed E-state index contributed by atoms with van der Waals surface area (Å²) in [5.74, 6) is 3.22. The Balaban J connectivity index is 0.00000225. The number of guanidine groups is 1. The molecule has 1 amide bonds. The average molecular weight is 462 g/mol. The van der Waals surface area contributed by atoms with E-state index in [-0.39, 0.29) is 29.9 Å². The molecule has 6 heteroatoms. The van der Waals surface area contributed by atoms with Gasteiger partial charge < -0.3 is 15.5 Å². The van der Waals surface area contributed by atoms with Crippen LogP contribution in [0.2, 0.25) is 0 Å². The van der Waals surface area contributed by atoms with Gasteiger partial charge in [0.05, 0.1) is 0 Å². The summed E-state index contributed by atoms with van der Waals surface area (Å²) >= 11 is 0. The van der Waals surface area contributed by atoms with Crippen molar-refractivity contribution in [2.75, 3.05) is 26.2 Å². The lowest BCUT2D eigenvalue weighted by atomic mass is 9.88. The first kappa shape index (κ1) is 20.8. The number of hydrogen-bond acceptors (Lipinski definition) is 2. The summed E-state index contributed by atoms with van der Waals surface area (Å²) in [4.78, 5) is 19.5. The van der Waals surface area contributed by atoms with Crippen molar-refractivity contribution in [1.82, 2.24) is 15.5 Å². The first-order valence-electron chi connectivity index (χ1n) is 10.0. The molecule has 2 saturated carbocycles. The number of halogens is 1. The lowest BCUT2D eigenvalue weighted by molar-refractivity contribution is -0.135. The Labute approximate surface area is 169 Å². The van der Waals surface area contributed by atoms with Gasteiger partial charge in [0.2, 0.25) is 5.91 Å². The quantitative estimate of drug-likeness (QED) is 0.375. The molecule has 0 radical (unpaired) electrons. The molecule has 3 atom stereocenters. The molecule has 3 rings (SSSR count). The SMILES string of the molecule is CCNC(=NCC1CC1C)NC1CCN(C(=O)C2CCCCC2)C1.I. The monoisotopic (exact) mass is 462 g/mol. The second-order valence-corrected chi connectivity index (χ2v) is 7.94. The van der Waals surface area contributed by atoms with E-state index in [0.29, 0.717) is 11.9 Å². The summed E-state index contributed by atoms with van der Waals surface area (Å²) in [6, 6.07) is 0.340. The Morgan fingerprint density at radius 2 is 1.92 bits per heavy atom. The van der Waals surface area contributed by atoms with E-state index < -0.39 is 0 Å². The van der Waals surface area contributed by atoms with E-state index in [1.807, 2.05) is 0 Å². The Morgan fingerprint density at radius 3 is 2.56 bits per heavy atom. The molecule has 3 unspecified atom stereocenters. The van der Waals surface area contributed by atoms with E-state index in [9.17, 15) is 4.79 Å². The van der Waals surface area contributed by atoms with Crippen LogP contribution in [0.3, 0.4) is 0 Å². The molecular formula is C19H35IN4O. The van der Waals surface area contributed by atoms with Crippen LogP contribution in [0.1, 0.15) is 58.8 Å². The number of likely N-dealkylation sites (tertiary alicyclic amines) is 1. The van der Waals surface area contributed by atoms with Gasteiger partial charge in [0.1, 0.15) is 0 Å². The predicted octanol–water partition coefficient (Wildman–Crippen LogP) is 3.00. The van der Waals surface area contributed by atoms with Crippen LogP contribution < -0.4 is 10.6 Å². The Morgan fingerprint density at radius 1 is 1.20 bits per heavy atom. The molecule has 2 N–H and O–H groups in total. The van der Waals surface area contributed by atoms with Crippen LogP contribution in [0.5, 0.6) is 0 Å². The van der Waals surface area contributed by atoms with Crippen LogP contribution in [0.4, 0.5) is 0 Å². The highest BCUT2D eigenvalue weighted by Gasteiger charge is 2.33. The van der Waals surface area contributed by atoms with Crippen molar-refractivity contribution < 1.29 is 4.79 Å². The predicted molar refractivity (Wildman–Crippen MR) is 113 cm³/mol. The van der Waals surface area contributed by atoms with Crippen molar-refractivity contribution in [3.05, 3.63) is 0 Å². The third-order valence-corrected chi connectivity index (χ3v) is 5.90. The van der Waals surface area contributed by atoms with E-state index in [2.05, 4.69) is 29.4 Å². The van der Waals surface area contributed by atoms with Gasteiger partial charge in [0.25, 0.3) is 0 Å². The maximum atomic E-state index is 12.7. The van der Waals surface area contributed by atoms with Crippen molar-refractivity contribution in [2.24, 2.45) is 22.7 Å². The maximum absolute atomic E-state index is 12.7. The lowest BCUT2D eigenvalue weighted by Crippen LogP contribution is -2.45. The molecule has 144 valence electrons. The third kappa shape index (κ3) is 6.00. The van der Waals surface area contributed by atoms with Crippen molar-refractivity contribution in [3.8, 4) is 0 Å². The van der Waals surface area contributed by atoms with Crippen LogP contribution >= 0.6 is 24.0 Å². The van der Waals surface area contributed by atoms with Crippen molar-refractivity contribution in [1.29, 1.82) is 0 Å². The first-order valence-corrected chi connectivity index (χ1v) is 10.0. The van der Waals surface area contributed by atoms with Crippen molar-refractivity contribution in [2.45, 2.75) is 64.8 Å². The summed E-state index contributed by atoms with van der Waals surface area (Å²) in [6.45, 7) is 7.93. The van der Waals surface area contributed by atoms with E-state index in [1.54, 1.807) is 0 Å². The third-order valence-electron chi connectivity index (χ3n) is 5.90. The van der Waals surface area contributed by atoms with Gasteiger partial charge >= 0.3 is 0 Å². The second kappa shape index (κ2) is 9.97. The molecule has 1 heterocycles. The van der Waals surface area contributed by atoms with E-state index in [1.165, 1.54) is 25.7 Å². The standard InChI is InChI=1S/C19H34N4O.HI/c1-3-20-19(21-12-16-11-14(16)2)22-17-9-10-23(13-17)18(24)15-7-5-4-6-8-15;/h14-17H,3-13H2,1-2H3,(H2,20,21,22);1H. The highest BCUT2D eigenvalue weighted by Crippen LogP contribution is 2.37. The number of carbonyl (C=O) groups is 1. The highest BCUT2D eigenvalue weighted by molar-refractivity contribution is 14.0. The summed E-state index contributed by atoms with van der Waals surface area (Å²) in [5, 5.41) is 6.90. The Kier molecular flexibility index (Phi) is 8.29. The molecule has 2 aliphatic carbocycles. The van der Waals surface area contributed by atoms with Gasteiger partial charge in [-0.3, -0.25) is 9.79 Å². The summed E-state index contributed by atoms with van der Waals surface area (Å²) in [5.41, 5.74) is 0. The minimum Gasteiger partial charge on any atom is -0.357 e. The number of nitrogens with zero attached hydrogens (tertiary/aromatic N) is 2.